The average molecular weight is 203 g/mol. The van der Waals surface area contributed by atoms with Crippen LogP contribution in [0, 0.1) is 0 Å². The first-order valence-corrected chi connectivity index (χ1v) is 5.33. The number of fused-ring (bicyclic) bond motifs is 1. The monoisotopic (exact) mass is 203 g/mol. The van der Waals surface area contributed by atoms with Crippen LogP contribution in [0.1, 0.15) is 29.9 Å². The van der Waals surface area contributed by atoms with E-state index >= 15 is 0 Å². The summed E-state index contributed by atoms with van der Waals surface area (Å²) < 4.78 is 7.15. The zero-order valence-corrected chi connectivity index (χ0v) is 8.52. The molecule has 4 heteroatoms. The van der Waals surface area contributed by atoms with Gasteiger partial charge in [-0.3, -0.25) is 0 Å². The maximum atomic E-state index is 4.96. The molecule has 0 N–H and O–H groups in total. The van der Waals surface area contributed by atoms with Crippen LogP contribution in [-0.2, 0) is 19.4 Å². The Kier molecular flexibility index (Phi) is 2.05. The van der Waals surface area contributed by atoms with E-state index < -0.39 is 0 Å². The van der Waals surface area contributed by atoms with Gasteiger partial charge >= 0.3 is 0 Å². The molecule has 0 atom stereocenters. The molecule has 0 fully saturated rings. The van der Waals surface area contributed by atoms with Crippen LogP contribution < -0.4 is 0 Å². The van der Waals surface area contributed by atoms with Gasteiger partial charge in [0, 0.05) is 5.69 Å². The Balaban J connectivity index is 1.89. The van der Waals surface area contributed by atoms with Gasteiger partial charge in [0.25, 0.3) is 0 Å². The van der Waals surface area contributed by atoms with Gasteiger partial charge in [0.2, 0.25) is 0 Å². The Hall–Kier alpha value is -1.58. The summed E-state index contributed by atoms with van der Waals surface area (Å²) in [6.07, 6.45) is 9.90. The highest BCUT2D eigenvalue weighted by molar-refractivity contribution is 5.17. The van der Waals surface area contributed by atoms with Gasteiger partial charge in [-0.25, -0.2) is 9.97 Å². The quantitative estimate of drug-likeness (QED) is 0.747. The third-order valence-corrected chi connectivity index (χ3v) is 2.93. The van der Waals surface area contributed by atoms with Crippen LogP contribution in [0.4, 0.5) is 0 Å². The van der Waals surface area contributed by atoms with E-state index in [9.17, 15) is 0 Å². The van der Waals surface area contributed by atoms with Crippen LogP contribution in [0.25, 0.3) is 0 Å². The number of rotatable bonds is 2. The van der Waals surface area contributed by atoms with Crippen molar-refractivity contribution in [3.63, 3.8) is 0 Å². The van der Waals surface area contributed by atoms with Gasteiger partial charge in [-0.2, -0.15) is 0 Å². The minimum Gasteiger partial charge on any atom is -0.451 e. The van der Waals surface area contributed by atoms with Crippen LogP contribution in [-0.4, -0.2) is 14.5 Å². The summed E-state index contributed by atoms with van der Waals surface area (Å²) in [5.74, 6) is 0. The third kappa shape index (κ3) is 1.56. The second-order valence-electron chi connectivity index (χ2n) is 3.95. The molecule has 0 amide bonds. The van der Waals surface area contributed by atoms with Crippen molar-refractivity contribution in [2.75, 3.05) is 0 Å². The van der Waals surface area contributed by atoms with Crippen molar-refractivity contribution in [3.05, 3.63) is 36.1 Å². The van der Waals surface area contributed by atoms with E-state index in [2.05, 4.69) is 14.5 Å². The predicted octanol–water partition coefficient (Wildman–Crippen LogP) is 1.80. The summed E-state index contributed by atoms with van der Waals surface area (Å²) in [6, 6.07) is 0. The molecule has 78 valence electrons. The Bertz CT molecular complexity index is 444. The second kappa shape index (κ2) is 3.53. The molecular formula is C11H13N3O. The molecule has 2 aromatic heterocycles. The Morgan fingerprint density at radius 3 is 3.07 bits per heavy atom. The van der Waals surface area contributed by atoms with Gasteiger partial charge in [0.05, 0.1) is 24.3 Å². The number of aromatic nitrogens is 3. The lowest BCUT2D eigenvalue weighted by Crippen LogP contribution is -2.09. The molecule has 0 unspecified atom stereocenters. The Morgan fingerprint density at radius 1 is 1.27 bits per heavy atom. The SMILES string of the molecule is c1nc(Cn2cnc3c2CCCC3)co1. The number of hydrogen-bond acceptors (Lipinski definition) is 3. The normalized spacial score (nSPS) is 15.2. The van der Waals surface area contributed by atoms with Crippen LogP contribution in [0.5, 0.6) is 0 Å². The molecule has 0 radical (unpaired) electrons. The first-order valence-electron chi connectivity index (χ1n) is 5.33. The smallest absolute Gasteiger partial charge is 0.180 e. The van der Waals surface area contributed by atoms with Crippen molar-refractivity contribution in [2.24, 2.45) is 0 Å². The first kappa shape index (κ1) is 8.71. The molecule has 4 nitrogen and oxygen atoms in total. The molecule has 1 aliphatic rings. The van der Waals surface area contributed by atoms with Crippen molar-refractivity contribution >= 4 is 0 Å². The average Bonchev–Trinajstić information content (AvgIpc) is 2.89. The lowest BCUT2D eigenvalue weighted by molar-refractivity contribution is 0.554. The van der Waals surface area contributed by atoms with Crippen LogP contribution >= 0.6 is 0 Å². The number of aryl methyl sites for hydroxylation is 1. The number of nitrogens with zero attached hydrogens (tertiary/aromatic N) is 3. The Labute approximate surface area is 88.0 Å². The zero-order valence-electron chi connectivity index (χ0n) is 8.52. The molecule has 2 aromatic rings. The van der Waals surface area contributed by atoms with Gasteiger partial charge in [-0.05, 0) is 25.7 Å². The van der Waals surface area contributed by atoms with Crippen molar-refractivity contribution < 1.29 is 4.42 Å². The fourth-order valence-electron chi connectivity index (χ4n) is 2.16. The highest BCUT2D eigenvalue weighted by atomic mass is 16.3. The van der Waals surface area contributed by atoms with Gasteiger partial charge < -0.3 is 8.98 Å². The van der Waals surface area contributed by atoms with Gasteiger partial charge in [0.15, 0.2) is 6.39 Å². The number of imidazole rings is 1. The minimum atomic E-state index is 0.777. The molecular weight excluding hydrogens is 190 g/mol. The maximum Gasteiger partial charge on any atom is 0.180 e. The highest BCUT2D eigenvalue weighted by Gasteiger charge is 2.15. The fourth-order valence-corrected chi connectivity index (χ4v) is 2.16. The number of oxazole rings is 1. The molecule has 0 aliphatic heterocycles. The van der Waals surface area contributed by atoms with E-state index in [-0.39, 0.29) is 0 Å². The molecule has 2 heterocycles. The summed E-state index contributed by atoms with van der Waals surface area (Å²) in [4.78, 5) is 8.57. The predicted molar refractivity (Wildman–Crippen MR) is 54.5 cm³/mol. The molecule has 0 aromatic carbocycles. The molecule has 3 rings (SSSR count). The summed E-state index contributed by atoms with van der Waals surface area (Å²) in [5, 5.41) is 0. The molecule has 0 saturated heterocycles. The van der Waals surface area contributed by atoms with E-state index in [1.807, 2.05) is 6.33 Å². The summed E-state index contributed by atoms with van der Waals surface area (Å²) in [5.41, 5.74) is 3.61. The molecule has 1 aliphatic carbocycles. The standard InChI is InChI=1S/C11H13N3O/c1-2-4-11-10(3-1)12-7-14(11)5-9-6-15-8-13-9/h6-8H,1-5H2. The van der Waals surface area contributed by atoms with E-state index in [0.29, 0.717) is 0 Å². The lowest BCUT2D eigenvalue weighted by atomic mass is 10.0. The number of hydrogen-bond donors (Lipinski definition) is 0. The third-order valence-electron chi connectivity index (χ3n) is 2.93. The van der Waals surface area contributed by atoms with Crippen molar-refractivity contribution in [1.29, 1.82) is 0 Å². The summed E-state index contributed by atoms with van der Waals surface area (Å²) in [6.45, 7) is 0.777. The van der Waals surface area contributed by atoms with Crippen LogP contribution in [0.3, 0.4) is 0 Å². The van der Waals surface area contributed by atoms with Crippen LogP contribution in [0.2, 0.25) is 0 Å². The zero-order chi connectivity index (χ0) is 10.1. The van der Waals surface area contributed by atoms with Gasteiger partial charge in [-0.15, -0.1) is 0 Å². The van der Waals surface area contributed by atoms with Crippen molar-refractivity contribution in [2.45, 2.75) is 32.2 Å². The van der Waals surface area contributed by atoms with E-state index in [0.717, 1.165) is 25.1 Å². The fraction of sp³-hybridized carbons (Fsp3) is 0.455. The lowest BCUT2D eigenvalue weighted by Gasteiger charge is -2.12. The van der Waals surface area contributed by atoms with Gasteiger partial charge in [0.1, 0.15) is 6.26 Å². The molecule has 15 heavy (non-hydrogen) atoms. The largest absolute Gasteiger partial charge is 0.451 e. The molecule has 0 saturated carbocycles. The topological polar surface area (TPSA) is 43.9 Å². The van der Waals surface area contributed by atoms with Crippen molar-refractivity contribution in [3.8, 4) is 0 Å². The van der Waals surface area contributed by atoms with Gasteiger partial charge in [-0.1, -0.05) is 0 Å². The van der Waals surface area contributed by atoms with Crippen molar-refractivity contribution in [1.82, 2.24) is 14.5 Å². The second-order valence-corrected chi connectivity index (χ2v) is 3.95. The maximum absolute atomic E-state index is 4.96. The Morgan fingerprint density at radius 2 is 2.20 bits per heavy atom. The first-order chi connectivity index (χ1) is 7.43. The highest BCUT2D eigenvalue weighted by Crippen LogP contribution is 2.20. The van der Waals surface area contributed by atoms with E-state index in [1.165, 1.54) is 30.6 Å². The molecule has 0 spiro atoms. The van der Waals surface area contributed by atoms with E-state index in [4.69, 9.17) is 4.42 Å². The summed E-state index contributed by atoms with van der Waals surface area (Å²) >= 11 is 0. The molecule has 0 bridgehead atoms. The van der Waals surface area contributed by atoms with Crippen LogP contribution in [0.15, 0.2) is 23.4 Å². The minimum absolute atomic E-state index is 0.777. The van der Waals surface area contributed by atoms with E-state index in [1.54, 1.807) is 6.26 Å². The summed E-state index contributed by atoms with van der Waals surface area (Å²) in [7, 11) is 0.